The lowest BCUT2D eigenvalue weighted by Gasteiger charge is -2.62. The molecule has 0 unspecified atom stereocenters. The molecule has 1 aliphatic heterocycles. The summed E-state index contributed by atoms with van der Waals surface area (Å²) in [5, 5.41) is 15.0. The zero-order valence-corrected chi connectivity index (χ0v) is 21.6. The summed E-state index contributed by atoms with van der Waals surface area (Å²) in [6, 6.07) is 0. The van der Waals surface area contributed by atoms with Crippen LogP contribution in [0.25, 0.3) is 0 Å². The van der Waals surface area contributed by atoms with Gasteiger partial charge in [0.15, 0.2) is 0 Å². The highest BCUT2D eigenvalue weighted by atomic mass is 16.6. The molecule has 0 spiro atoms. The Balaban J connectivity index is 1.40. The molecule has 0 radical (unpaired) electrons. The van der Waals surface area contributed by atoms with Gasteiger partial charge in [0.2, 0.25) is 0 Å². The summed E-state index contributed by atoms with van der Waals surface area (Å²) in [7, 11) is 0. The number of fused-ring (bicyclic) bond motifs is 5. The molecule has 2 N–H and O–H groups in total. The predicted molar refractivity (Wildman–Crippen MR) is 129 cm³/mol. The van der Waals surface area contributed by atoms with Crippen LogP contribution < -0.4 is 5.32 Å². The van der Waals surface area contributed by atoms with Crippen LogP contribution in [-0.2, 0) is 9.53 Å². The van der Waals surface area contributed by atoms with Crippen LogP contribution in [0, 0.1) is 46.3 Å². The lowest BCUT2D eigenvalue weighted by atomic mass is 9.45. The van der Waals surface area contributed by atoms with E-state index in [4.69, 9.17) is 4.74 Å². The van der Waals surface area contributed by atoms with E-state index in [9.17, 15) is 9.90 Å². The molecule has 4 aliphatic rings. The third kappa shape index (κ3) is 4.40. The van der Waals surface area contributed by atoms with E-state index in [0.717, 1.165) is 38.3 Å². The van der Waals surface area contributed by atoms with Crippen molar-refractivity contribution in [2.45, 2.75) is 111 Å². The van der Waals surface area contributed by atoms with Crippen molar-refractivity contribution in [3.8, 4) is 0 Å². The van der Waals surface area contributed by atoms with Crippen molar-refractivity contribution < 1.29 is 14.6 Å². The van der Waals surface area contributed by atoms with E-state index in [2.05, 4.69) is 26.1 Å². The first kappa shape index (κ1) is 24.5. The van der Waals surface area contributed by atoms with Crippen LogP contribution in [0.2, 0.25) is 0 Å². The second-order valence-electron chi connectivity index (χ2n) is 13.4. The molecule has 0 bridgehead atoms. The monoisotopic (exact) mass is 447 g/mol. The third-order valence-electron chi connectivity index (χ3n) is 10.5. The second kappa shape index (κ2) is 8.87. The van der Waals surface area contributed by atoms with Crippen LogP contribution in [0.4, 0.5) is 0 Å². The van der Waals surface area contributed by atoms with E-state index in [0.29, 0.717) is 46.8 Å². The van der Waals surface area contributed by atoms with Gasteiger partial charge >= 0.3 is 5.97 Å². The standard InChI is InChI=1S/C28H49NO3/c1-18(8-7-9-24(31)32-26(2,3)4)20-10-11-21-25-22(12-13-28(20,21)6)27(5)14-15-29-17-19(27)16-23(25)30/h18-23,25,29-30H,7-17H2,1-6H3/t18-,19-,20-,21+,22+,23+,25+,27+,28-/m1/s1. The van der Waals surface area contributed by atoms with Crippen LogP contribution in [0.3, 0.4) is 0 Å². The van der Waals surface area contributed by atoms with Crippen LogP contribution in [0.5, 0.6) is 0 Å². The highest BCUT2D eigenvalue weighted by molar-refractivity contribution is 5.69. The van der Waals surface area contributed by atoms with Crippen molar-refractivity contribution in [2.24, 2.45) is 46.3 Å². The molecule has 4 heteroatoms. The summed E-state index contributed by atoms with van der Waals surface area (Å²) in [5.41, 5.74) is 0.371. The Morgan fingerprint density at radius 3 is 2.56 bits per heavy atom. The minimum atomic E-state index is -0.391. The minimum absolute atomic E-state index is 0.0594. The van der Waals surface area contributed by atoms with Crippen molar-refractivity contribution in [1.82, 2.24) is 5.32 Å². The van der Waals surface area contributed by atoms with E-state index < -0.39 is 5.60 Å². The van der Waals surface area contributed by atoms with Crippen molar-refractivity contribution in [1.29, 1.82) is 0 Å². The Labute approximate surface area is 196 Å². The topological polar surface area (TPSA) is 58.6 Å². The van der Waals surface area contributed by atoms with Gasteiger partial charge < -0.3 is 15.2 Å². The summed E-state index contributed by atoms with van der Waals surface area (Å²) in [6.07, 6.45) is 9.91. The molecule has 32 heavy (non-hydrogen) atoms. The van der Waals surface area contributed by atoms with Gasteiger partial charge in [-0.05, 0) is 132 Å². The minimum Gasteiger partial charge on any atom is -0.460 e. The Morgan fingerprint density at radius 1 is 1.12 bits per heavy atom. The maximum absolute atomic E-state index is 12.1. The Bertz CT molecular complexity index is 687. The average Bonchev–Trinajstić information content (AvgIpc) is 3.04. The van der Waals surface area contributed by atoms with Crippen LogP contribution in [0.1, 0.15) is 99.3 Å². The van der Waals surface area contributed by atoms with Crippen LogP contribution in [0.15, 0.2) is 0 Å². The lowest BCUT2D eigenvalue weighted by molar-refractivity contribution is -0.161. The largest absolute Gasteiger partial charge is 0.460 e. The van der Waals surface area contributed by atoms with E-state index in [1.54, 1.807) is 0 Å². The first-order chi connectivity index (χ1) is 15.0. The first-order valence-electron chi connectivity index (χ1n) is 13.6. The summed E-state index contributed by atoms with van der Waals surface area (Å²) in [5.74, 6) is 3.79. The molecule has 0 aromatic carbocycles. The number of rotatable bonds is 5. The quantitative estimate of drug-likeness (QED) is 0.541. The predicted octanol–water partition coefficient (Wildman–Crippen LogP) is 5.57. The van der Waals surface area contributed by atoms with Crippen molar-refractivity contribution in [2.75, 3.05) is 13.1 Å². The van der Waals surface area contributed by atoms with Gasteiger partial charge in [-0.3, -0.25) is 4.79 Å². The number of piperidine rings is 1. The molecule has 0 aromatic rings. The Morgan fingerprint density at radius 2 is 1.84 bits per heavy atom. The molecule has 4 rings (SSSR count). The molecular formula is C28H49NO3. The van der Waals surface area contributed by atoms with Gasteiger partial charge in [0.05, 0.1) is 6.10 Å². The molecule has 4 nitrogen and oxygen atoms in total. The number of esters is 1. The van der Waals surface area contributed by atoms with Crippen LogP contribution in [-0.4, -0.2) is 35.9 Å². The van der Waals surface area contributed by atoms with E-state index in [1.165, 1.54) is 32.1 Å². The molecule has 1 heterocycles. The number of ether oxygens (including phenoxy) is 1. The molecular weight excluding hydrogens is 398 g/mol. The van der Waals surface area contributed by atoms with Crippen molar-refractivity contribution >= 4 is 5.97 Å². The number of aliphatic hydroxyl groups excluding tert-OH is 1. The summed E-state index contributed by atoms with van der Waals surface area (Å²) < 4.78 is 5.50. The maximum atomic E-state index is 12.1. The molecule has 3 saturated carbocycles. The number of carbonyl (C=O) groups is 1. The molecule has 1 saturated heterocycles. The van der Waals surface area contributed by atoms with E-state index >= 15 is 0 Å². The fourth-order valence-electron chi connectivity index (χ4n) is 9.00. The normalized spacial score (nSPS) is 44.8. The molecule has 0 amide bonds. The molecule has 4 fully saturated rings. The molecule has 0 aromatic heterocycles. The van der Waals surface area contributed by atoms with E-state index in [-0.39, 0.29) is 12.1 Å². The third-order valence-corrected chi connectivity index (χ3v) is 10.5. The van der Waals surface area contributed by atoms with Gasteiger partial charge in [-0.25, -0.2) is 0 Å². The van der Waals surface area contributed by atoms with Gasteiger partial charge in [0.1, 0.15) is 5.60 Å². The smallest absolute Gasteiger partial charge is 0.306 e. The number of hydrogen-bond acceptors (Lipinski definition) is 4. The first-order valence-corrected chi connectivity index (χ1v) is 13.6. The average molecular weight is 448 g/mol. The Hall–Kier alpha value is -0.610. The van der Waals surface area contributed by atoms with Gasteiger partial charge in [0.25, 0.3) is 0 Å². The fraction of sp³-hybridized carbons (Fsp3) is 0.964. The second-order valence-corrected chi connectivity index (χ2v) is 13.4. The number of hydrogen-bond donors (Lipinski definition) is 2. The SMILES string of the molecule is C[C@H](CCCC(=O)OC(C)(C)C)[C@H]1CC[C@H]2[C@@H]3[C@@H](O)C[C@@H]4CNCC[C@]4(C)[C@H]3CC[C@]12C. The van der Waals surface area contributed by atoms with Crippen LogP contribution >= 0.6 is 0 Å². The summed E-state index contributed by atoms with van der Waals surface area (Å²) in [4.78, 5) is 12.1. The molecule has 3 aliphatic carbocycles. The maximum Gasteiger partial charge on any atom is 0.306 e. The number of aliphatic hydroxyl groups is 1. The number of carbonyl (C=O) groups excluding carboxylic acids is 1. The zero-order valence-electron chi connectivity index (χ0n) is 21.6. The zero-order chi connectivity index (χ0) is 23.3. The van der Waals surface area contributed by atoms with Gasteiger partial charge in [0, 0.05) is 6.42 Å². The highest BCUT2D eigenvalue weighted by Gasteiger charge is 2.62. The van der Waals surface area contributed by atoms with Gasteiger partial charge in [-0.1, -0.05) is 20.8 Å². The molecule has 9 atom stereocenters. The molecule has 184 valence electrons. The fourth-order valence-corrected chi connectivity index (χ4v) is 9.00. The highest BCUT2D eigenvalue weighted by Crippen LogP contribution is 2.67. The Kier molecular flexibility index (Phi) is 6.80. The van der Waals surface area contributed by atoms with E-state index in [1.807, 2.05) is 20.8 Å². The lowest BCUT2D eigenvalue weighted by Crippen LogP contribution is -2.60. The van der Waals surface area contributed by atoms with Crippen molar-refractivity contribution in [3.63, 3.8) is 0 Å². The van der Waals surface area contributed by atoms with Gasteiger partial charge in [-0.2, -0.15) is 0 Å². The summed E-state index contributed by atoms with van der Waals surface area (Å²) >= 11 is 0. The summed E-state index contributed by atoms with van der Waals surface area (Å²) in [6.45, 7) is 15.6. The van der Waals surface area contributed by atoms with Crippen molar-refractivity contribution in [3.05, 3.63) is 0 Å². The number of nitrogens with one attached hydrogen (secondary N) is 1. The van der Waals surface area contributed by atoms with Gasteiger partial charge in [-0.15, -0.1) is 0 Å².